The molecule has 2 bridgehead atoms. The van der Waals surface area contributed by atoms with Gasteiger partial charge in [-0.05, 0) is 39.3 Å². The Morgan fingerprint density at radius 1 is 1.38 bits per heavy atom. The summed E-state index contributed by atoms with van der Waals surface area (Å²) >= 11 is 0. The van der Waals surface area contributed by atoms with Gasteiger partial charge in [0.1, 0.15) is 0 Å². The molecule has 0 saturated carbocycles. The maximum Gasteiger partial charge on any atom is 0.211 e. The van der Waals surface area contributed by atoms with E-state index >= 15 is 0 Å². The van der Waals surface area contributed by atoms with Crippen LogP contribution < -0.4 is 10.0 Å². The van der Waals surface area contributed by atoms with Crippen molar-refractivity contribution >= 4 is 10.0 Å². The van der Waals surface area contributed by atoms with Gasteiger partial charge in [0.2, 0.25) is 10.0 Å². The van der Waals surface area contributed by atoms with Gasteiger partial charge in [0.05, 0.1) is 24.0 Å². The third-order valence-corrected chi connectivity index (χ3v) is 4.76. The van der Waals surface area contributed by atoms with E-state index < -0.39 is 10.0 Å². The summed E-state index contributed by atoms with van der Waals surface area (Å²) in [7, 11) is -1.31. The number of nitrogens with one attached hydrogen (secondary N) is 2. The third-order valence-electron chi connectivity index (χ3n) is 3.28. The summed E-state index contributed by atoms with van der Waals surface area (Å²) in [5.74, 6) is 0.196. The van der Waals surface area contributed by atoms with E-state index in [-0.39, 0.29) is 24.0 Å². The van der Waals surface area contributed by atoms with E-state index in [9.17, 15) is 8.42 Å². The number of ether oxygens (including phenoxy) is 1. The van der Waals surface area contributed by atoms with Crippen LogP contribution in [0.4, 0.5) is 0 Å². The highest BCUT2D eigenvalue weighted by Crippen LogP contribution is 2.34. The number of sulfonamides is 1. The molecule has 0 aliphatic carbocycles. The van der Waals surface area contributed by atoms with E-state index in [2.05, 4.69) is 10.0 Å². The van der Waals surface area contributed by atoms with Crippen molar-refractivity contribution in [1.82, 2.24) is 10.0 Å². The van der Waals surface area contributed by atoms with Crippen LogP contribution in [0.2, 0.25) is 0 Å². The SMILES string of the molecule is CNCCCS(=O)(=O)NC1CC2CCC1O2. The monoisotopic (exact) mass is 248 g/mol. The molecule has 0 radical (unpaired) electrons. The summed E-state index contributed by atoms with van der Waals surface area (Å²) in [6, 6.07) is 0.0123. The van der Waals surface area contributed by atoms with Gasteiger partial charge >= 0.3 is 0 Å². The standard InChI is InChI=1S/C10H20N2O3S/c1-11-5-2-6-16(13,14)12-9-7-8-3-4-10(9)15-8/h8-12H,2-7H2,1H3. The van der Waals surface area contributed by atoms with Crippen molar-refractivity contribution in [3.8, 4) is 0 Å². The second kappa shape index (κ2) is 5.00. The van der Waals surface area contributed by atoms with Crippen LogP contribution >= 0.6 is 0 Å². The Labute approximate surface area is 97.0 Å². The zero-order valence-electron chi connectivity index (χ0n) is 9.61. The second-order valence-corrected chi connectivity index (χ2v) is 6.48. The number of hydrogen-bond acceptors (Lipinski definition) is 4. The van der Waals surface area contributed by atoms with E-state index in [0.29, 0.717) is 6.42 Å². The third kappa shape index (κ3) is 2.94. The Kier molecular flexibility index (Phi) is 3.84. The van der Waals surface area contributed by atoms with Gasteiger partial charge in [0.25, 0.3) is 0 Å². The lowest BCUT2D eigenvalue weighted by atomic mass is 9.96. The fourth-order valence-corrected chi connectivity index (χ4v) is 3.84. The molecule has 2 aliphatic rings. The first-order valence-electron chi connectivity index (χ1n) is 5.91. The molecule has 0 aromatic rings. The highest BCUT2D eigenvalue weighted by atomic mass is 32.2. The molecule has 3 unspecified atom stereocenters. The van der Waals surface area contributed by atoms with Crippen LogP contribution in [-0.4, -0.2) is 46.0 Å². The largest absolute Gasteiger partial charge is 0.373 e. The molecule has 2 heterocycles. The first-order valence-corrected chi connectivity index (χ1v) is 7.56. The van der Waals surface area contributed by atoms with Gasteiger partial charge in [-0.2, -0.15) is 0 Å². The minimum absolute atomic E-state index is 0.0123. The van der Waals surface area contributed by atoms with Crippen LogP contribution in [0.3, 0.4) is 0 Å². The minimum atomic E-state index is -3.13. The molecule has 0 spiro atoms. The first kappa shape index (κ1) is 12.3. The summed E-state index contributed by atoms with van der Waals surface area (Å²) < 4.78 is 31.9. The smallest absolute Gasteiger partial charge is 0.211 e. The molecule has 94 valence electrons. The van der Waals surface area contributed by atoms with Crippen molar-refractivity contribution in [3.63, 3.8) is 0 Å². The minimum Gasteiger partial charge on any atom is -0.373 e. The zero-order chi connectivity index (χ0) is 11.6. The lowest BCUT2D eigenvalue weighted by Crippen LogP contribution is -2.42. The van der Waals surface area contributed by atoms with Crippen LogP contribution in [0.1, 0.15) is 25.7 Å². The number of hydrogen-bond donors (Lipinski definition) is 2. The average molecular weight is 248 g/mol. The molecule has 3 atom stereocenters. The highest BCUT2D eigenvalue weighted by Gasteiger charge is 2.42. The summed E-state index contributed by atoms with van der Waals surface area (Å²) in [4.78, 5) is 0. The van der Waals surface area contributed by atoms with Crippen LogP contribution in [0.25, 0.3) is 0 Å². The topological polar surface area (TPSA) is 67.4 Å². The molecular weight excluding hydrogens is 228 g/mol. The van der Waals surface area contributed by atoms with Crippen LogP contribution in [0.5, 0.6) is 0 Å². The predicted molar refractivity (Wildman–Crippen MR) is 61.8 cm³/mol. The Balaban J connectivity index is 1.80. The fraction of sp³-hybridized carbons (Fsp3) is 1.00. The quantitative estimate of drug-likeness (QED) is 0.641. The molecule has 0 amide bonds. The van der Waals surface area contributed by atoms with Gasteiger partial charge in [-0.15, -0.1) is 0 Å². The zero-order valence-corrected chi connectivity index (χ0v) is 10.4. The van der Waals surface area contributed by atoms with Crippen molar-refractivity contribution in [3.05, 3.63) is 0 Å². The molecule has 16 heavy (non-hydrogen) atoms. The van der Waals surface area contributed by atoms with Crippen LogP contribution in [0.15, 0.2) is 0 Å². The van der Waals surface area contributed by atoms with Crippen molar-refractivity contribution in [2.75, 3.05) is 19.3 Å². The Morgan fingerprint density at radius 2 is 2.19 bits per heavy atom. The lowest BCUT2D eigenvalue weighted by molar-refractivity contribution is 0.0996. The molecule has 2 fully saturated rings. The van der Waals surface area contributed by atoms with Crippen LogP contribution in [0, 0.1) is 0 Å². The molecule has 6 heteroatoms. The summed E-state index contributed by atoms with van der Waals surface area (Å²) in [5, 5.41) is 2.94. The second-order valence-electron chi connectivity index (χ2n) is 4.61. The van der Waals surface area contributed by atoms with E-state index in [1.165, 1.54) is 0 Å². The van der Waals surface area contributed by atoms with E-state index in [0.717, 1.165) is 25.8 Å². The summed E-state index contributed by atoms with van der Waals surface area (Å²) in [6.45, 7) is 0.730. The maximum atomic E-state index is 11.7. The molecule has 2 saturated heterocycles. The molecule has 0 aromatic carbocycles. The Morgan fingerprint density at radius 3 is 2.75 bits per heavy atom. The Hall–Kier alpha value is -0.170. The summed E-state index contributed by atoms with van der Waals surface area (Å²) in [6.07, 6.45) is 3.97. The molecule has 2 rings (SSSR count). The molecule has 2 N–H and O–H groups in total. The van der Waals surface area contributed by atoms with Gasteiger partial charge in [0, 0.05) is 0 Å². The molecule has 0 aromatic heterocycles. The van der Waals surface area contributed by atoms with E-state index in [1.807, 2.05) is 7.05 Å². The van der Waals surface area contributed by atoms with Gasteiger partial charge in [-0.25, -0.2) is 13.1 Å². The van der Waals surface area contributed by atoms with E-state index in [1.54, 1.807) is 0 Å². The van der Waals surface area contributed by atoms with Gasteiger partial charge < -0.3 is 10.1 Å². The molecule has 5 nitrogen and oxygen atoms in total. The summed E-state index contributed by atoms with van der Waals surface area (Å²) in [5.41, 5.74) is 0. The average Bonchev–Trinajstić information content (AvgIpc) is 2.78. The van der Waals surface area contributed by atoms with Crippen molar-refractivity contribution in [2.24, 2.45) is 0 Å². The predicted octanol–water partition coefficient (Wildman–Crippen LogP) is -0.165. The number of rotatable bonds is 6. The molecule has 2 aliphatic heterocycles. The molecular formula is C10H20N2O3S. The van der Waals surface area contributed by atoms with Crippen molar-refractivity contribution in [1.29, 1.82) is 0 Å². The first-order chi connectivity index (χ1) is 7.61. The normalized spacial score (nSPS) is 33.4. The lowest BCUT2D eigenvalue weighted by Gasteiger charge is -2.19. The van der Waals surface area contributed by atoms with Crippen LogP contribution in [-0.2, 0) is 14.8 Å². The fourth-order valence-electron chi connectivity index (χ4n) is 2.49. The highest BCUT2D eigenvalue weighted by molar-refractivity contribution is 7.89. The number of fused-ring (bicyclic) bond motifs is 2. The van der Waals surface area contributed by atoms with Crippen molar-refractivity contribution in [2.45, 2.75) is 43.9 Å². The van der Waals surface area contributed by atoms with Gasteiger partial charge in [-0.3, -0.25) is 0 Å². The van der Waals surface area contributed by atoms with Gasteiger partial charge in [-0.1, -0.05) is 0 Å². The van der Waals surface area contributed by atoms with Gasteiger partial charge in [0.15, 0.2) is 0 Å². The van der Waals surface area contributed by atoms with E-state index in [4.69, 9.17) is 4.74 Å². The van der Waals surface area contributed by atoms with Crippen molar-refractivity contribution < 1.29 is 13.2 Å². The Bertz CT molecular complexity index is 331. The maximum absolute atomic E-state index is 11.7.